The Morgan fingerprint density at radius 3 is 2.96 bits per heavy atom. The highest BCUT2D eigenvalue weighted by molar-refractivity contribution is 5.95. The predicted octanol–water partition coefficient (Wildman–Crippen LogP) is 3.41. The molecule has 2 rings (SSSR count). The molecule has 0 aromatic heterocycles. The van der Waals surface area contributed by atoms with Gasteiger partial charge in [-0.25, -0.2) is 5.43 Å². The second-order valence-electron chi connectivity index (χ2n) is 5.32. The fourth-order valence-electron chi connectivity index (χ4n) is 2.24. The molecule has 5 nitrogen and oxygen atoms in total. The maximum absolute atomic E-state index is 12.1. The normalized spacial score (nSPS) is 14.7. The summed E-state index contributed by atoms with van der Waals surface area (Å²) in [6.07, 6.45) is 11.7. The number of hydroxylamine groups is 1. The summed E-state index contributed by atoms with van der Waals surface area (Å²) in [5.74, 6) is -0.257. The van der Waals surface area contributed by atoms with Crippen LogP contribution in [-0.4, -0.2) is 17.3 Å². The number of benzene rings is 1. The van der Waals surface area contributed by atoms with Crippen LogP contribution in [0.4, 0.5) is 0 Å². The Hall–Kier alpha value is -2.66. The van der Waals surface area contributed by atoms with Gasteiger partial charge < -0.3 is 0 Å². The standard InChI is InChI=1S/C18H21N3O2/c1-14(21-23)10-11-15-8-5-9-17(12-15)18(22)20-19-13-16-6-3-2-4-7-16/h5-6,8-13,21,23H,1-4,7H2,(H,20,22)/b11-10+,19-13+. The topological polar surface area (TPSA) is 73.7 Å². The summed E-state index contributed by atoms with van der Waals surface area (Å²) in [5, 5.41) is 12.7. The van der Waals surface area contributed by atoms with E-state index in [0.717, 1.165) is 18.4 Å². The minimum Gasteiger partial charge on any atom is -0.291 e. The molecule has 23 heavy (non-hydrogen) atoms. The third-order valence-corrected chi connectivity index (χ3v) is 3.49. The number of nitrogens with zero attached hydrogens (tertiary/aromatic N) is 1. The van der Waals surface area contributed by atoms with Crippen LogP contribution in [0.15, 0.2) is 59.4 Å². The van der Waals surface area contributed by atoms with Crippen LogP contribution in [0, 0.1) is 0 Å². The van der Waals surface area contributed by atoms with Crippen LogP contribution in [-0.2, 0) is 0 Å². The summed E-state index contributed by atoms with van der Waals surface area (Å²) in [7, 11) is 0. The molecule has 0 radical (unpaired) electrons. The zero-order chi connectivity index (χ0) is 16.5. The average molecular weight is 311 g/mol. The molecule has 0 unspecified atom stereocenters. The number of nitrogens with one attached hydrogen (secondary N) is 2. The fraction of sp³-hybridized carbons (Fsp3) is 0.222. The van der Waals surface area contributed by atoms with Crippen LogP contribution in [0.3, 0.4) is 0 Å². The monoisotopic (exact) mass is 311 g/mol. The molecule has 0 aliphatic heterocycles. The first-order chi connectivity index (χ1) is 11.2. The SMILES string of the molecule is C=C(/C=C/c1cccc(C(=O)N/N=C/C2=CCCCC2)c1)NO. The summed E-state index contributed by atoms with van der Waals surface area (Å²) in [6, 6.07) is 7.11. The average Bonchev–Trinajstić information content (AvgIpc) is 2.60. The van der Waals surface area contributed by atoms with Crippen LogP contribution < -0.4 is 10.9 Å². The minimum atomic E-state index is -0.257. The van der Waals surface area contributed by atoms with Gasteiger partial charge in [-0.3, -0.25) is 15.5 Å². The van der Waals surface area contributed by atoms with Gasteiger partial charge in [0.2, 0.25) is 0 Å². The highest BCUT2D eigenvalue weighted by Crippen LogP contribution is 2.15. The lowest BCUT2D eigenvalue weighted by atomic mass is 10.0. The second-order valence-corrected chi connectivity index (χ2v) is 5.32. The van der Waals surface area contributed by atoms with Gasteiger partial charge in [0.25, 0.3) is 5.91 Å². The maximum Gasteiger partial charge on any atom is 0.271 e. The number of rotatable bonds is 6. The Morgan fingerprint density at radius 2 is 2.22 bits per heavy atom. The summed E-state index contributed by atoms with van der Waals surface area (Å²) >= 11 is 0. The summed E-state index contributed by atoms with van der Waals surface area (Å²) in [4.78, 5) is 12.1. The number of hydrazone groups is 1. The number of hydrogen-bond donors (Lipinski definition) is 3. The summed E-state index contributed by atoms with van der Waals surface area (Å²) < 4.78 is 0. The third kappa shape index (κ3) is 5.56. The smallest absolute Gasteiger partial charge is 0.271 e. The summed E-state index contributed by atoms with van der Waals surface area (Å²) in [5.41, 5.74) is 7.37. The van der Waals surface area contributed by atoms with Crippen molar-refractivity contribution in [1.82, 2.24) is 10.9 Å². The molecular weight excluding hydrogens is 290 g/mol. The number of allylic oxidation sites excluding steroid dienone is 3. The van der Waals surface area contributed by atoms with Gasteiger partial charge in [0.15, 0.2) is 0 Å². The van der Waals surface area contributed by atoms with E-state index in [9.17, 15) is 4.79 Å². The van der Waals surface area contributed by atoms with Crippen LogP contribution >= 0.6 is 0 Å². The molecular formula is C18H21N3O2. The van der Waals surface area contributed by atoms with Gasteiger partial charge in [-0.15, -0.1) is 0 Å². The molecule has 1 aromatic rings. The van der Waals surface area contributed by atoms with Gasteiger partial charge in [-0.05, 0) is 55.0 Å². The Bertz CT molecular complexity index is 660. The van der Waals surface area contributed by atoms with Gasteiger partial charge >= 0.3 is 0 Å². The second kappa shape index (κ2) is 8.70. The molecule has 3 N–H and O–H groups in total. The number of carbonyl (C=O) groups is 1. The largest absolute Gasteiger partial charge is 0.291 e. The van der Waals surface area contributed by atoms with Gasteiger partial charge in [-0.1, -0.05) is 30.9 Å². The van der Waals surface area contributed by atoms with Crippen molar-refractivity contribution in [1.29, 1.82) is 0 Å². The van der Waals surface area contributed by atoms with E-state index in [0.29, 0.717) is 11.3 Å². The quantitative estimate of drug-likeness (QED) is 0.428. The molecule has 1 aliphatic rings. The summed E-state index contributed by atoms with van der Waals surface area (Å²) in [6.45, 7) is 3.58. The van der Waals surface area contributed by atoms with E-state index in [4.69, 9.17) is 5.21 Å². The van der Waals surface area contributed by atoms with E-state index >= 15 is 0 Å². The fourth-order valence-corrected chi connectivity index (χ4v) is 2.24. The lowest BCUT2D eigenvalue weighted by Gasteiger charge is -2.07. The van der Waals surface area contributed by atoms with Crippen molar-refractivity contribution >= 4 is 18.2 Å². The van der Waals surface area contributed by atoms with Crippen LogP contribution in [0.2, 0.25) is 0 Å². The van der Waals surface area contributed by atoms with E-state index < -0.39 is 0 Å². The lowest BCUT2D eigenvalue weighted by molar-refractivity contribution is 0.0955. The van der Waals surface area contributed by atoms with Crippen molar-refractivity contribution in [2.45, 2.75) is 25.7 Å². The van der Waals surface area contributed by atoms with Crippen molar-refractivity contribution in [3.63, 3.8) is 0 Å². The number of carbonyl (C=O) groups excluding carboxylic acids is 1. The van der Waals surface area contributed by atoms with Gasteiger partial charge in [0, 0.05) is 5.56 Å². The van der Waals surface area contributed by atoms with E-state index in [1.54, 1.807) is 36.6 Å². The molecule has 1 aromatic carbocycles. The third-order valence-electron chi connectivity index (χ3n) is 3.49. The first-order valence-electron chi connectivity index (χ1n) is 7.58. The molecule has 0 atom stereocenters. The predicted molar refractivity (Wildman–Crippen MR) is 92.0 cm³/mol. The Kier molecular flexibility index (Phi) is 6.32. The molecule has 0 saturated carbocycles. The van der Waals surface area contributed by atoms with Crippen molar-refractivity contribution < 1.29 is 10.0 Å². The lowest BCUT2D eigenvalue weighted by Crippen LogP contribution is -2.17. The molecule has 1 amide bonds. The maximum atomic E-state index is 12.1. The van der Waals surface area contributed by atoms with Crippen molar-refractivity contribution in [2.24, 2.45) is 5.10 Å². The molecule has 0 spiro atoms. The van der Waals surface area contributed by atoms with Crippen molar-refractivity contribution in [3.05, 3.63) is 65.4 Å². The molecule has 0 saturated heterocycles. The van der Waals surface area contributed by atoms with Gasteiger partial charge in [0.05, 0.1) is 11.9 Å². The Morgan fingerprint density at radius 1 is 1.35 bits per heavy atom. The molecule has 0 bridgehead atoms. The van der Waals surface area contributed by atoms with E-state index in [1.807, 2.05) is 11.5 Å². The number of amides is 1. The van der Waals surface area contributed by atoms with Gasteiger partial charge in [0.1, 0.15) is 0 Å². The minimum absolute atomic E-state index is 0.257. The van der Waals surface area contributed by atoms with E-state index in [1.165, 1.54) is 18.4 Å². The first kappa shape index (κ1) is 16.7. The molecule has 5 heteroatoms. The van der Waals surface area contributed by atoms with Crippen LogP contribution in [0.5, 0.6) is 0 Å². The van der Waals surface area contributed by atoms with E-state index in [2.05, 4.69) is 23.2 Å². The van der Waals surface area contributed by atoms with Crippen LogP contribution in [0.25, 0.3) is 6.08 Å². The Labute approximate surface area is 136 Å². The zero-order valence-electron chi connectivity index (χ0n) is 13.0. The molecule has 0 heterocycles. The van der Waals surface area contributed by atoms with Crippen molar-refractivity contribution in [2.75, 3.05) is 0 Å². The zero-order valence-corrected chi connectivity index (χ0v) is 13.0. The van der Waals surface area contributed by atoms with Crippen LogP contribution in [0.1, 0.15) is 41.6 Å². The Balaban J connectivity index is 1.96. The number of hydrogen-bond acceptors (Lipinski definition) is 4. The highest BCUT2D eigenvalue weighted by Gasteiger charge is 2.05. The van der Waals surface area contributed by atoms with Gasteiger partial charge in [-0.2, -0.15) is 5.10 Å². The molecule has 120 valence electrons. The highest BCUT2D eigenvalue weighted by atomic mass is 16.5. The van der Waals surface area contributed by atoms with E-state index in [-0.39, 0.29) is 5.91 Å². The first-order valence-corrected chi connectivity index (χ1v) is 7.58. The molecule has 1 aliphatic carbocycles. The molecule has 0 fully saturated rings. The van der Waals surface area contributed by atoms with Crippen molar-refractivity contribution in [3.8, 4) is 0 Å².